The fraction of sp³-hybridized carbons (Fsp3) is 0.538. The molecule has 2 rings (SSSR count). The van der Waals surface area contributed by atoms with E-state index >= 15 is 0 Å². The standard InChI is InChI=1S/C13H17F2NO2/c1-17-10-7-8(12(14)15)6-9(11(10)18-2)13(16)4-3-5-13/h6-7,12H,3-5,16H2,1-2H3. The summed E-state index contributed by atoms with van der Waals surface area (Å²) in [6.07, 6.45) is 0.00599. The average Bonchev–Trinajstić information content (AvgIpc) is 2.33. The zero-order valence-corrected chi connectivity index (χ0v) is 10.5. The molecule has 1 fully saturated rings. The summed E-state index contributed by atoms with van der Waals surface area (Å²) in [5.41, 5.74) is 6.18. The Kier molecular flexibility index (Phi) is 3.43. The highest BCUT2D eigenvalue weighted by Crippen LogP contribution is 2.47. The van der Waals surface area contributed by atoms with Crippen LogP contribution < -0.4 is 15.2 Å². The molecule has 0 aliphatic heterocycles. The van der Waals surface area contributed by atoms with Crippen LogP contribution in [0, 0.1) is 0 Å². The van der Waals surface area contributed by atoms with Crippen LogP contribution in [0.25, 0.3) is 0 Å². The molecule has 0 atom stereocenters. The van der Waals surface area contributed by atoms with Gasteiger partial charge in [-0.05, 0) is 31.4 Å². The van der Waals surface area contributed by atoms with E-state index in [0.29, 0.717) is 17.1 Å². The van der Waals surface area contributed by atoms with Gasteiger partial charge in [0.2, 0.25) is 0 Å². The van der Waals surface area contributed by atoms with Crippen LogP contribution in [0.3, 0.4) is 0 Å². The van der Waals surface area contributed by atoms with Crippen molar-refractivity contribution in [3.63, 3.8) is 0 Å². The Hall–Kier alpha value is -1.36. The first-order valence-electron chi connectivity index (χ1n) is 5.85. The van der Waals surface area contributed by atoms with Crippen LogP contribution >= 0.6 is 0 Å². The predicted molar refractivity (Wildman–Crippen MR) is 64.2 cm³/mol. The lowest BCUT2D eigenvalue weighted by Gasteiger charge is -2.39. The van der Waals surface area contributed by atoms with E-state index in [2.05, 4.69) is 0 Å². The molecule has 0 aromatic heterocycles. The molecule has 0 amide bonds. The minimum atomic E-state index is -2.55. The van der Waals surface area contributed by atoms with Crippen molar-refractivity contribution in [3.8, 4) is 11.5 Å². The van der Waals surface area contributed by atoms with E-state index in [1.807, 2.05) is 0 Å². The summed E-state index contributed by atoms with van der Waals surface area (Å²) in [7, 11) is 2.92. The molecule has 1 aliphatic carbocycles. The molecule has 100 valence electrons. The van der Waals surface area contributed by atoms with Gasteiger partial charge in [-0.3, -0.25) is 0 Å². The van der Waals surface area contributed by atoms with Crippen molar-refractivity contribution in [1.29, 1.82) is 0 Å². The number of alkyl halides is 2. The van der Waals surface area contributed by atoms with Gasteiger partial charge in [0.15, 0.2) is 11.5 Å². The van der Waals surface area contributed by atoms with Crippen molar-refractivity contribution < 1.29 is 18.3 Å². The normalized spacial score (nSPS) is 17.4. The Labute approximate surface area is 105 Å². The quantitative estimate of drug-likeness (QED) is 0.901. The molecule has 0 saturated heterocycles. The molecule has 3 nitrogen and oxygen atoms in total. The Bertz CT molecular complexity index is 445. The van der Waals surface area contributed by atoms with Gasteiger partial charge in [-0.15, -0.1) is 0 Å². The molecular weight excluding hydrogens is 240 g/mol. The maximum Gasteiger partial charge on any atom is 0.263 e. The van der Waals surface area contributed by atoms with Gasteiger partial charge in [0.05, 0.1) is 14.2 Å². The minimum absolute atomic E-state index is 0.0839. The number of nitrogens with two attached hydrogens (primary N) is 1. The smallest absolute Gasteiger partial charge is 0.263 e. The van der Waals surface area contributed by atoms with Gasteiger partial charge in [0, 0.05) is 16.7 Å². The van der Waals surface area contributed by atoms with Crippen molar-refractivity contribution >= 4 is 0 Å². The maximum atomic E-state index is 12.9. The molecule has 5 heteroatoms. The Morgan fingerprint density at radius 1 is 1.22 bits per heavy atom. The van der Waals surface area contributed by atoms with E-state index in [1.54, 1.807) is 0 Å². The summed E-state index contributed by atoms with van der Waals surface area (Å²) in [5.74, 6) is 0.770. The molecule has 1 aliphatic rings. The second-order valence-corrected chi connectivity index (χ2v) is 4.61. The van der Waals surface area contributed by atoms with Crippen LogP contribution in [0.4, 0.5) is 8.78 Å². The average molecular weight is 257 g/mol. The monoisotopic (exact) mass is 257 g/mol. The van der Waals surface area contributed by atoms with E-state index in [1.165, 1.54) is 26.4 Å². The van der Waals surface area contributed by atoms with E-state index < -0.39 is 12.0 Å². The molecule has 0 radical (unpaired) electrons. The molecule has 0 spiro atoms. The number of methoxy groups -OCH3 is 2. The minimum Gasteiger partial charge on any atom is -0.493 e. The van der Waals surface area contributed by atoms with E-state index in [-0.39, 0.29) is 5.56 Å². The fourth-order valence-electron chi connectivity index (χ4n) is 2.31. The van der Waals surface area contributed by atoms with Crippen LogP contribution in [0.2, 0.25) is 0 Å². The van der Waals surface area contributed by atoms with Gasteiger partial charge in [0.25, 0.3) is 6.43 Å². The molecule has 2 N–H and O–H groups in total. The van der Waals surface area contributed by atoms with Gasteiger partial charge in [-0.25, -0.2) is 8.78 Å². The molecule has 0 bridgehead atoms. The summed E-state index contributed by atoms with van der Waals surface area (Å²) in [6.45, 7) is 0. The molecular formula is C13H17F2NO2. The lowest BCUT2D eigenvalue weighted by molar-refractivity contribution is 0.150. The number of rotatable bonds is 4. The van der Waals surface area contributed by atoms with E-state index in [4.69, 9.17) is 15.2 Å². The second-order valence-electron chi connectivity index (χ2n) is 4.61. The van der Waals surface area contributed by atoms with Gasteiger partial charge in [-0.2, -0.15) is 0 Å². The zero-order chi connectivity index (χ0) is 13.3. The molecule has 0 heterocycles. The Balaban J connectivity index is 2.57. The number of halogens is 2. The number of ether oxygens (including phenoxy) is 2. The number of hydrogen-bond acceptors (Lipinski definition) is 3. The number of benzene rings is 1. The first kappa shape index (κ1) is 13.1. The van der Waals surface area contributed by atoms with Crippen LogP contribution in [0.15, 0.2) is 12.1 Å². The van der Waals surface area contributed by atoms with Crippen molar-refractivity contribution in [2.45, 2.75) is 31.2 Å². The van der Waals surface area contributed by atoms with Crippen molar-refractivity contribution in [3.05, 3.63) is 23.3 Å². The molecule has 1 aromatic rings. The zero-order valence-electron chi connectivity index (χ0n) is 10.5. The molecule has 18 heavy (non-hydrogen) atoms. The van der Waals surface area contributed by atoms with Crippen LogP contribution in [0.1, 0.15) is 36.8 Å². The lowest BCUT2D eigenvalue weighted by atomic mass is 9.72. The maximum absolute atomic E-state index is 12.9. The van der Waals surface area contributed by atoms with Crippen LogP contribution in [0.5, 0.6) is 11.5 Å². The highest BCUT2D eigenvalue weighted by Gasteiger charge is 2.38. The van der Waals surface area contributed by atoms with Gasteiger partial charge in [-0.1, -0.05) is 0 Å². The van der Waals surface area contributed by atoms with Gasteiger partial charge < -0.3 is 15.2 Å². The summed E-state index contributed by atoms with van der Waals surface area (Å²) in [4.78, 5) is 0. The Morgan fingerprint density at radius 3 is 2.28 bits per heavy atom. The summed E-state index contributed by atoms with van der Waals surface area (Å²) in [6, 6.07) is 2.74. The number of hydrogen-bond donors (Lipinski definition) is 1. The van der Waals surface area contributed by atoms with Crippen LogP contribution in [-0.2, 0) is 5.54 Å². The summed E-state index contributed by atoms with van der Waals surface area (Å²) in [5, 5.41) is 0. The van der Waals surface area contributed by atoms with Gasteiger partial charge >= 0.3 is 0 Å². The fourth-order valence-corrected chi connectivity index (χ4v) is 2.31. The first-order chi connectivity index (χ1) is 8.51. The lowest BCUT2D eigenvalue weighted by Crippen LogP contribution is -2.43. The highest BCUT2D eigenvalue weighted by atomic mass is 19.3. The third kappa shape index (κ3) is 2.03. The highest BCUT2D eigenvalue weighted by molar-refractivity contribution is 5.53. The third-order valence-electron chi connectivity index (χ3n) is 3.54. The largest absolute Gasteiger partial charge is 0.493 e. The van der Waals surface area contributed by atoms with Crippen molar-refractivity contribution in [1.82, 2.24) is 0 Å². The van der Waals surface area contributed by atoms with Crippen LogP contribution in [-0.4, -0.2) is 14.2 Å². The van der Waals surface area contributed by atoms with Crippen molar-refractivity contribution in [2.75, 3.05) is 14.2 Å². The summed E-state index contributed by atoms with van der Waals surface area (Å²) < 4.78 is 36.1. The molecule has 0 unspecified atom stereocenters. The first-order valence-corrected chi connectivity index (χ1v) is 5.85. The van der Waals surface area contributed by atoms with E-state index in [0.717, 1.165) is 19.3 Å². The predicted octanol–water partition coefficient (Wildman–Crippen LogP) is 2.98. The Morgan fingerprint density at radius 2 is 1.89 bits per heavy atom. The van der Waals surface area contributed by atoms with E-state index in [9.17, 15) is 8.78 Å². The molecule has 1 aromatic carbocycles. The third-order valence-corrected chi connectivity index (χ3v) is 3.54. The van der Waals surface area contributed by atoms with Gasteiger partial charge in [0.1, 0.15) is 0 Å². The molecule has 1 saturated carbocycles. The summed E-state index contributed by atoms with van der Waals surface area (Å²) >= 11 is 0. The topological polar surface area (TPSA) is 44.5 Å². The SMILES string of the molecule is COc1cc(C(F)F)cc(C2(N)CCC2)c1OC. The van der Waals surface area contributed by atoms with Crippen molar-refractivity contribution in [2.24, 2.45) is 5.73 Å². The second kappa shape index (κ2) is 4.72.